The third kappa shape index (κ3) is 3.94. The minimum atomic E-state index is -4.23. The van der Waals surface area contributed by atoms with Crippen LogP contribution in [0, 0.1) is 0 Å². The Morgan fingerprint density at radius 3 is 1.95 bits per heavy atom. The number of hydrogen-bond donors (Lipinski definition) is 2. The molecule has 1 heterocycles. The maximum absolute atomic E-state index is 12.5. The van der Waals surface area contributed by atoms with Crippen molar-refractivity contribution in [3.63, 3.8) is 0 Å². The summed E-state index contributed by atoms with van der Waals surface area (Å²) < 4.78 is 37.4. The fraction of sp³-hybridized carbons (Fsp3) is 0.571. The molecule has 2 rings (SSSR count). The van der Waals surface area contributed by atoms with Crippen LogP contribution >= 0.6 is 0 Å². The number of quaternary nitrogens is 2. The number of benzene rings is 1. The number of rotatable bonds is 3. The third-order valence-electron chi connectivity index (χ3n) is 3.90. The number of likely N-dealkylation sites (N-methyl/N-ethyl adjacent to an activating group) is 1. The zero-order valence-corrected chi connectivity index (χ0v) is 11.2. The quantitative estimate of drug-likeness (QED) is 0.768. The Morgan fingerprint density at radius 1 is 0.947 bits per heavy atom. The van der Waals surface area contributed by atoms with Crippen LogP contribution in [0.4, 0.5) is 13.2 Å². The molecule has 0 unspecified atom stereocenters. The van der Waals surface area contributed by atoms with Crippen molar-refractivity contribution < 1.29 is 23.0 Å². The molecule has 2 nitrogen and oxygen atoms in total. The molecule has 0 saturated carbocycles. The maximum atomic E-state index is 12.5. The predicted molar refractivity (Wildman–Crippen MR) is 67.1 cm³/mol. The van der Waals surface area contributed by atoms with Gasteiger partial charge in [-0.25, -0.2) is 0 Å². The normalized spacial score (nSPS) is 24.4. The van der Waals surface area contributed by atoms with Crippen molar-refractivity contribution in [1.82, 2.24) is 0 Å². The van der Waals surface area contributed by atoms with Gasteiger partial charge in [0, 0.05) is 5.56 Å². The first-order valence-electron chi connectivity index (χ1n) is 6.82. The van der Waals surface area contributed by atoms with E-state index in [0.717, 1.165) is 44.8 Å². The second-order valence-corrected chi connectivity index (χ2v) is 5.23. The Balaban J connectivity index is 1.90. The molecular formula is C14H21F3N2+2. The van der Waals surface area contributed by atoms with E-state index < -0.39 is 11.7 Å². The molecule has 106 valence electrons. The smallest absolute Gasteiger partial charge is 0.326 e. The van der Waals surface area contributed by atoms with Crippen molar-refractivity contribution in [2.24, 2.45) is 0 Å². The number of halogens is 3. The number of piperazine rings is 1. The maximum Gasteiger partial charge on any atom is 0.416 e. The van der Waals surface area contributed by atoms with Gasteiger partial charge in [0.15, 0.2) is 0 Å². The summed E-state index contributed by atoms with van der Waals surface area (Å²) in [4.78, 5) is 3.09. The van der Waals surface area contributed by atoms with Crippen LogP contribution in [-0.2, 0) is 12.7 Å². The molecule has 1 saturated heterocycles. The Bertz CT molecular complexity index is 392. The van der Waals surface area contributed by atoms with Gasteiger partial charge in [-0.15, -0.1) is 0 Å². The highest BCUT2D eigenvalue weighted by molar-refractivity contribution is 5.23. The topological polar surface area (TPSA) is 8.88 Å². The third-order valence-corrected chi connectivity index (χ3v) is 3.90. The Kier molecular flexibility index (Phi) is 4.47. The predicted octanol–water partition coefficient (Wildman–Crippen LogP) is 0.00870. The minimum Gasteiger partial charge on any atom is -0.326 e. The van der Waals surface area contributed by atoms with Crippen LogP contribution in [0.5, 0.6) is 0 Å². The molecule has 19 heavy (non-hydrogen) atoms. The van der Waals surface area contributed by atoms with E-state index in [1.807, 2.05) is 0 Å². The fourth-order valence-corrected chi connectivity index (χ4v) is 2.59. The van der Waals surface area contributed by atoms with Crippen molar-refractivity contribution >= 4 is 0 Å². The molecule has 1 aromatic carbocycles. The molecule has 1 aliphatic rings. The van der Waals surface area contributed by atoms with Crippen molar-refractivity contribution in [1.29, 1.82) is 0 Å². The molecule has 1 aliphatic heterocycles. The van der Waals surface area contributed by atoms with Gasteiger partial charge in [-0.1, -0.05) is 12.1 Å². The van der Waals surface area contributed by atoms with Gasteiger partial charge in [0.2, 0.25) is 0 Å². The highest BCUT2D eigenvalue weighted by atomic mass is 19.4. The largest absolute Gasteiger partial charge is 0.416 e. The number of hydrogen-bond acceptors (Lipinski definition) is 0. The van der Waals surface area contributed by atoms with Gasteiger partial charge in [-0.3, -0.25) is 0 Å². The standard InChI is InChI=1S/C14H19F3N2/c1-2-18-7-9-19(10-8-18)11-12-3-5-13(6-4-12)14(15,16)17/h3-6H,2,7-11H2,1H3/p+2. The molecule has 1 aromatic rings. The SMILES string of the molecule is CC[NH+]1CC[NH+](Cc2ccc(C(F)(F)F)cc2)CC1. The summed E-state index contributed by atoms with van der Waals surface area (Å²) in [6.45, 7) is 8.70. The second-order valence-electron chi connectivity index (χ2n) is 5.23. The van der Waals surface area contributed by atoms with Crippen molar-refractivity contribution in [3.8, 4) is 0 Å². The molecule has 0 amide bonds. The first kappa shape index (κ1) is 14.3. The van der Waals surface area contributed by atoms with E-state index in [1.54, 1.807) is 17.0 Å². The molecule has 1 fully saturated rings. The van der Waals surface area contributed by atoms with Gasteiger partial charge in [-0.2, -0.15) is 13.2 Å². The molecule has 0 atom stereocenters. The molecule has 2 N–H and O–H groups in total. The van der Waals surface area contributed by atoms with Gasteiger partial charge in [-0.05, 0) is 19.1 Å². The van der Waals surface area contributed by atoms with Crippen molar-refractivity contribution in [2.75, 3.05) is 32.7 Å². The highest BCUT2D eigenvalue weighted by Gasteiger charge is 2.30. The van der Waals surface area contributed by atoms with E-state index >= 15 is 0 Å². The average molecular weight is 274 g/mol. The zero-order chi connectivity index (χ0) is 13.9. The molecule has 0 radical (unpaired) electrons. The summed E-state index contributed by atoms with van der Waals surface area (Å²) in [7, 11) is 0. The van der Waals surface area contributed by atoms with Crippen LogP contribution in [0.25, 0.3) is 0 Å². The Hall–Kier alpha value is -1.07. The van der Waals surface area contributed by atoms with Crippen molar-refractivity contribution in [3.05, 3.63) is 35.4 Å². The summed E-state index contributed by atoms with van der Waals surface area (Å²) in [5.74, 6) is 0. The summed E-state index contributed by atoms with van der Waals surface area (Å²) in [5, 5.41) is 0. The molecule has 5 heteroatoms. The minimum absolute atomic E-state index is 0.563. The molecular weight excluding hydrogens is 253 g/mol. The molecule has 0 spiro atoms. The first-order chi connectivity index (χ1) is 8.99. The summed E-state index contributed by atoms with van der Waals surface area (Å²) in [6, 6.07) is 5.58. The van der Waals surface area contributed by atoms with Crippen molar-refractivity contribution in [2.45, 2.75) is 19.6 Å². The molecule has 0 aromatic heterocycles. The van der Waals surface area contributed by atoms with E-state index in [4.69, 9.17) is 0 Å². The van der Waals surface area contributed by atoms with E-state index in [0.29, 0.717) is 0 Å². The van der Waals surface area contributed by atoms with Gasteiger partial charge in [0.05, 0.1) is 12.1 Å². The van der Waals surface area contributed by atoms with Crippen LogP contribution in [0.3, 0.4) is 0 Å². The Labute approximate surface area is 111 Å². The number of nitrogens with one attached hydrogen (secondary N) is 2. The van der Waals surface area contributed by atoms with Crippen LogP contribution in [-0.4, -0.2) is 32.7 Å². The lowest BCUT2D eigenvalue weighted by molar-refractivity contribution is -1.02. The highest BCUT2D eigenvalue weighted by Crippen LogP contribution is 2.28. The van der Waals surface area contributed by atoms with Crippen LogP contribution < -0.4 is 9.80 Å². The van der Waals surface area contributed by atoms with Crippen LogP contribution in [0.15, 0.2) is 24.3 Å². The van der Waals surface area contributed by atoms with E-state index in [2.05, 4.69) is 6.92 Å². The molecule has 0 bridgehead atoms. The summed E-state index contributed by atoms with van der Waals surface area (Å²) >= 11 is 0. The number of alkyl halides is 3. The van der Waals surface area contributed by atoms with Gasteiger partial charge < -0.3 is 9.80 Å². The average Bonchev–Trinajstić information content (AvgIpc) is 2.39. The van der Waals surface area contributed by atoms with Gasteiger partial charge >= 0.3 is 6.18 Å². The van der Waals surface area contributed by atoms with Gasteiger partial charge in [0.1, 0.15) is 32.7 Å². The van der Waals surface area contributed by atoms with E-state index in [9.17, 15) is 13.2 Å². The van der Waals surface area contributed by atoms with E-state index in [1.165, 1.54) is 17.0 Å². The lowest BCUT2D eigenvalue weighted by Gasteiger charge is -2.29. The van der Waals surface area contributed by atoms with E-state index in [-0.39, 0.29) is 0 Å². The van der Waals surface area contributed by atoms with Gasteiger partial charge in [0.25, 0.3) is 0 Å². The summed E-state index contributed by atoms with van der Waals surface area (Å²) in [6.07, 6.45) is -4.23. The zero-order valence-electron chi connectivity index (χ0n) is 11.2. The van der Waals surface area contributed by atoms with Crippen LogP contribution in [0.1, 0.15) is 18.1 Å². The monoisotopic (exact) mass is 274 g/mol. The fourth-order valence-electron chi connectivity index (χ4n) is 2.59. The van der Waals surface area contributed by atoms with Crippen LogP contribution in [0.2, 0.25) is 0 Å². The second kappa shape index (κ2) is 5.92. The first-order valence-corrected chi connectivity index (χ1v) is 6.82. The summed E-state index contributed by atoms with van der Waals surface area (Å²) in [5.41, 5.74) is 0.425. The lowest BCUT2D eigenvalue weighted by atomic mass is 10.1. The molecule has 0 aliphatic carbocycles. The Morgan fingerprint density at radius 2 is 1.47 bits per heavy atom. The lowest BCUT2D eigenvalue weighted by Crippen LogP contribution is -3.27.